The lowest BCUT2D eigenvalue weighted by atomic mass is 9.89. The minimum atomic E-state index is -1.03. The Morgan fingerprint density at radius 2 is 1.07 bits per heavy atom. The smallest absolute Gasteiger partial charge is 0.333 e. The van der Waals surface area contributed by atoms with Gasteiger partial charge in [0.1, 0.15) is 13.2 Å². The highest BCUT2D eigenvalue weighted by Crippen LogP contribution is 2.36. The standard InChI is InChI=1S/C19H28O8/c1-13(2)15(20)22-7-17(5)24-9-19(10-25-17)11-26-18(6,27-12-19)8-23-16(21)14(3)4/h1,3,7-12H2,2,4-6H3. The monoisotopic (exact) mass is 384 g/mol. The molecule has 2 aliphatic heterocycles. The van der Waals surface area contributed by atoms with Crippen molar-refractivity contribution in [2.24, 2.45) is 5.41 Å². The molecule has 152 valence electrons. The Kier molecular flexibility index (Phi) is 6.47. The lowest BCUT2D eigenvalue weighted by Crippen LogP contribution is -2.59. The first-order chi connectivity index (χ1) is 12.5. The molecule has 0 aromatic carbocycles. The van der Waals surface area contributed by atoms with Gasteiger partial charge in [-0.3, -0.25) is 0 Å². The van der Waals surface area contributed by atoms with Crippen molar-refractivity contribution in [1.29, 1.82) is 0 Å². The maximum atomic E-state index is 11.5. The van der Waals surface area contributed by atoms with E-state index in [9.17, 15) is 9.59 Å². The number of hydrogen-bond acceptors (Lipinski definition) is 8. The number of ether oxygens (including phenoxy) is 6. The average molecular weight is 384 g/mol. The van der Waals surface area contributed by atoms with Gasteiger partial charge >= 0.3 is 11.9 Å². The van der Waals surface area contributed by atoms with Crippen LogP contribution in [0.5, 0.6) is 0 Å². The zero-order valence-electron chi connectivity index (χ0n) is 16.4. The second-order valence-corrected chi connectivity index (χ2v) is 7.64. The topological polar surface area (TPSA) is 89.5 Å². The maximum absolute atomic E-state index is 11.5. The molecule has 2 saturated heterocycles. The average Bonchev–Trinajstić information content (AvgIpc) is 2.63. The molecule has 0 aromatic rings. The van der Waals surface area contributed by atoms with Crippen LogP contribution in [0.4, 0.5) is 0 Å². The van der Waals surface area contributed by atoms with Crippen LogP contribution in [-0.2, 0) is 38.0 Å². The third-order valence-electron chi connectivity index (χ3n) is 4.36. The molecule has 2 heterocycles. The highest BCUT2D eigenvalue weighted by atomic mass is 16.7. The lowest BCUT2D eigenvalue weighted by Gasteiger charge is -2.49. The van der Waals surface area contributed by atoms with Gasteiger partial charge in [-0.25, -0.2) is 9.59 Å². The van der Waals surface area contributed by atoms with E-state index < -0.39 is 28.9 Å². The molecule has 0 bridgehead atoms. The van der Waals surface area contributed by atoms with Crippen LogP contribution in [0, 0.1) is 5.41 Å². The van der Waals surface area contributed by atoms with Gasteiger partial charge in [-0.2, -0.15) is 0 Å². The first-order valence-corrected chi connectivity index (χ1v) is 8.69. The first kappa shape index (κ1) is 21.6. The molecule has 0 N–H and O–H groups in total. The fraction of sp³-hybridized carbons (Fsp3) is 0.684. The molecular weight excluding hydrogens is 356 g/mol. The Labute approximate surface area is 159 Å². The SMILES string of the molecule is C=C(C)C(=O)OCC1(C)OCC2(CO1)COC(C)(COC(=O)C(=C)C)OC2. The van der Waals surface area contributed by atoms with Crippen LogP contribution >= 0.6 is 0 Å². The third kappa shape index (κ3) is 5.62. The molecule has 0 radical (unpaired) electrons. The predicted octanol–water partition coefficient (Wildman–Crippen LogP) is 1.74. The van der Waals surface area contributed by atoms with Gasteiger partial charge in [-0.05, 0) is 27.7 Å². The molecule has 27 heavy (non-hydrogen) atoms. The molecule has 0 unspecified atom stereocenters. The minimum absolute atomic E-state index is 0.0366. The Balaban J connectivity index is 1.82. The zero-order chi connectivity index (χ0) is 20.3. The Hall–Kier alpha value is -1.74. The molecule has 0 atom stereocenters. The molecule has 8 nitrogen and oxygen atoms in total. The molecular formula is C19H28O8. The quantitative estimate of drug-likeness (QED) is 0.505. The fourth-order valence-electron chi connectivity index (χ4n) is 2.36. The normalized spacial score (nSPS) is 33.3. The van der Waals surface area contributed by atoms with Crippen molar-refractivity contribution in [1.82, 2.24) is 0 Å². The fourth-order valence-corrected chi connectivity index (χ4v) is 2.36. The van der Waals surface area contributed by atoms with Gasteiger partial charge in [-0.15, -0.1) is 0 Å². The van der Waals surface area contributed by atoms with E-state index in [1.54, 1.807) is 27.7 Å². The summed E-state index contributed by atoms with van der Waals surface area (Å²) >= 11 is 0. The summed E-state index contributed by atoms with van der Waals surface area (Å²) < 4.78 is 33.4. The second kappa shape index (κ2) is 8.10. The number of hydrogen-bond donors (Lipinski definition) is 0. The molecule has 8 heteroatoms. The summed E-state index contributed by atoms with van der Waals surface area (Å²) in [6.45, 7) is 14.8. The van der Waals surface area contributed by atoms with Crippen LogP contribution in [-0.4, -0.2) is 63.2 Å². The van der Waals surface area contributed by atoms with Crippen LogP contribution in [0.25, 0.3) is 0 Å². The molecule has 0 aliphatic carbocycles. The molecule has 2 fully saturated rings. The van der Waals surface area contributed by atoms with Crippen molar-refractivity contribution in [2.45, 2.75) is 39.3 Å². The Bertz CT molecular complexity index is 550. The second-order valence-electron chi connectivity index (χ2n) is 7.64. The number of carbonyl (C=O) groups is 2. The van der Waals surface area contributed by atoms with E-state index >= 15 is 0 Å². The summed E-state index contributed by atoms with van der Waals surface area (Å²) in [5.74, 6) is -3.05. The molecule has 2 rings (SSSR count). The highest BCUT2D eigenvalue weighted by molar-refractivity contribution is 5.87. The predicted molar refractivity (Wildman–Crippen MR) is 94.6 cm³/mol. The summed E-state index contributed by atoms with van der Waals surface area (Å²) in [4.78, 5) is 23.1. The van der Waals surface area contributed by atoms with E-state index in [1.807, 2.05) is 0 Å². The van der Waals surface area contributed by atoms with Crippen LogP contribution in [0.15, 0.2) is 24.3 Å². The van der Waals surface area contributed by atoms with Crippen LogP contribution in [0.2, 0.25) is 0 Å². The maximum Gasteiger partial charge on any atom is 0.333 e. The molecule has 2 aliphatic rings. The number of rotatable bonds is 6. The van der Waals surface area contributed by atoms with Gasteiger partial charge in [0.05, 0.1) is 31.8 Å². The summed E-state index contributed by atoms with van der Waals surface area (Å²) in [7, 11) is 0. The molecule has 0 amide bonds. The lowest BCUT2D eigenvalue weighted by molar-refractivity contribution is -0.368. The Morgan fingerprint density at radius 3 is 1.33 bits per heavy atom. The van der Waals surface area contributed by atoms with Crippen molar-refractivity contribution in [3.8, 4) is 0 Å². The zero-order valence-corrected chi connectivity index (χ0v) is 16.4. The van der Waals surface area contributed by atoms with Gasteiger partial charge in [0.25, 0.3) is 0 Å². The van der Waals surface area contributed by atoms with Crippen LogP contribution < -0.4 is 0 Å². The first-order valence-electron chi connectivity index (χ1n) is 8.69. The van der Waals surface area contributed by atoms with E-state index in [1.165, 1.54) is 0 Å². The largest absolute Gasteiger partial charge is 0.457 e. The van der Waals surface area contributed by atoms with E-state index in [2.05, 4.69) is 13.2 Å². The van der Waals surface area contributed by atoms with Gasteiger partial charge in [0, 0.05) is 11.1 Å². The third-order valence-corrected chi connectivity index (χ3v) is 4.36. The van der Waals surface area contributed by atoms with Crippen molar-refractivity contribution < 1.29 is 38.0 Å². The number of carbonyl (C=O) groups excluding carboxylic acids is 2. The van der Waals surface area contributed by atoms with Gasteiger partial charge in [-0.1, -0.05) is 13.2 Å². The highest BCUT2D eigenvalue weighted by Gasteiger charge is 2.49. The van der Waals surface area contributed by atoms with Crippen molar-refractivity contribution in [3.63, 3.8) is 0 Å². The van der Waals surface area contributed by atoms with E-state index in [0.717, 1.165) is 0 Å². The van der Waals surface area contributed by atoms with E-state index in [-0.39, 0.29) is 13.2 Å². The summed E-state index contributed by atoms with van der Waals surface area (Å²) in [6, 6.07) is 0. The minimum Gasteiger partial charge on any atom is -0.457 e. The van der Waals surface area contributed by atoms with Crippen molar-refractivity contribution >= 4 is 11.9 Å². The summed E-state index contributed by atoms with van der Waals surface area (Å²) in [5, 5.41) is 0. The van der Waals surface area contributed by atoms with Crippen LogP contribution in [0.1, 0.15) is 27.7 Å². The van der Waals surface area contributed by atoms with Gasteiger partial charge in [0.15, 0.2) is 11.6 Å². The molecule has 0 saturated carbocycles. The summed E-state index contributed by atoms with van der Waals surface area (Å²) in [5.41, 5.74) is 0.147. The van der Waals surface area contributed by atoms with Crippen molar-refractivity contribution in [3.05, 3.63) is 24.3 Å². The Morgan fingerprint density at radius 1 is 0.778 bits per heavy atom. The van der Waals surface area contributed by atoms with E-state index in [0.29, 0.717) is 37.6 Å². The van der Waals surface area contributed by atoms with Gasteiger partial charge in [0.2, 0.25) is 0 Å². The van der Waals surface area contributed by atoms with Gasteiger partial charge < -0.3 is 28.4 Å². The van der Waals surface area contributed by atoms with Crippen LogP contribution in [0.3, 0.4) is 0 Å². The summed E-state index contributed by atoms with van der Waals surface area (Å²) in [6.07, 6.45) is 0. The molecule has 1 spiro atoms. The molecule has 0 aromatic heterocycles. The van der Waals surface area contributed by atoms with E-state index in [4.69, 9.17) is 28.4 Å². The van der Waals surface area contributed by atoms with Crippen molar-refractivity contribution in [2.75, 3.05) is 39.6 Å². The number of esters is 2.